The van der Waals surface area contributed by atoms with Crippen molar-refractivity contribution < 1.29 is 0 Å². The van der Waals surface area contributed by atoms with E-state index in [0.29, 0.717) is 12.0 Å². The highest BCUT2D eigenvalue weighted by Crippen LogP contribution is 2.41. The molecule has 0 saturated heterocycles. The van der Waals surface area contributed by atoms with Gasteiger partial charge in [-0.15, -0.1) is 0 Å². The van der Waals surface area contributed by atoms with Crippen LogP contribution in [0.3, 0.4) is 0 Å². The maximum Gasteiger partial charge on any atom is 0.0459 e. The maximum absolute atomic E-state index is 3.42. The minimum atomic E-state index is 0.566. The van der Waals surface area contributed by atoms with Crippen LogP contribution in [0.5, 0.6) is 0 Å². The minimum absolute atomic E-state index is 0.566. The molecule has 0 unspecified atom stereocenters. The van der Waals surface area contributed by atoms with Gasteiger partial charge >= 0.3 is 0 Å². The fraction of sp³-hybridized carbons (Fsp3) is 0.375. The molecule has 0 fully saturated rings. The molecule has 1 aliphatic heterocycles. The second-order valence-corrected chi connectivity index (χ2v) is 5.81. The number of aromatic nitrogens is 1. The lowest BCUT2D eigenvalue weighted by Gasteiger charge is -2.40. The van der Waals surface area contributed by atoms with Crippen LogP contribution in [0.15, 0.2) is 36.0 Å². The summed E-state index contributed by atoms with van der Waals surface area (Å²) in [5.74, 6) is 0.566. The Morgan fingerprint density at radius 2 is 2.22 bits per heavy atom. The molecule has 2 aromatic rings. The predicted molar refractivity (Wildman–Crippen MR) is 74.9 cm³/mol. The molecule has 2 atom stereocenters. The Bertz CT molecular complexity index is 650. The highest BCUT2D eigenvalue weighted by Gasteiger charge is 2.34. The molecular formula is C16H18N2. The Labute approximate surface area is 107 Å². The molecule has 0 spiro atoms. The SMILES string of the molecule is CC1=C[C@@H]2c3cccc4[nH]cc(c34)C[C@@H]2N(C)C1. The molecule has 2 heterocycles. The second-order valence-electron chi connectivity index (χ2n) is 5.81. The van der Waals surface area contributed by atoms with Crippen LogP contribution >= 0.6 is 0 Å². The lowest BCUT2D eigenvalue weighted by atomic mass is 9.77. The van der Waals surface area contributed by atoms with Crippen LogP contribution in [0.2, 0.25) is 0 Å². The number of hydrogen-bond acceptors (Lipinski definition) is 1. The summed E-state index contributed by atoms with van der Waals surface area (Å²) >= 11 is 0. The van der Waals surface area contributed by atoms with Crippen molar-refractivity contribution >= 4 is 10.9 Å². The van der Waals surface area contributed by atoms with Gasteiger partial charge in [0.2, 0.25) is 0 Å². The van der Waals surface area contributed by atoms with Crippen molar-refractivity contribution in [3.05, 3.63) is 47.2 Å². The van der Waals surface area contributed by atoms with Crippen molar-refractivity contribution in [2.45, 2.75) is 25.3 Å². The third-order valence-corrected chi connectivity index (χ3v) is 4.55. The van der Waals surface area contributed by atoms with Gasteiger partial charge in [-0.05, 0) is 37.6 Å². The molecule has 0 radical (unpaired) electrons. The van der Waals surface area contributed by atoms with E-state index in [1.54, 1.807) is 0 Å². The number of hydrogen-bond donors (Lipinski definition) is 1. The van der Waals surface area contributed by atoms with Crippen LogP contribution in [0.4, 0.5) is 0 Å². The average molecular weight is 238 g/mol. The number of nitrogens with one attached hydrogen (secondary N) is 1. The van der Waals surface area contributed by atoms with Crippen molar-refractivity contribution in [1.29, 1.82) is 0 Å². The van der Waals surface area contributed by atoms with Gasteiger partial charge in [0.1, 0.15) is 0 Å². The summed E-state index contributed by atoms with van der Waals surface area (Å²) < 4.78 is 0. The Morgan fingerprint density at radius 1 is 1.33 bits per heavy atom. The van der Waals surface area contributed by atoms with Gasteiger partial charge in [-0.3, -0.25) is 4.90 Å². The van der Waals surface area contributed by atoms with E-state index in [4.69, 9.17) is 0 Å². The zero-order chi connectivity index (χ0) is 12.3. The van der Waals surface area contributed by atoms with Gasteiger partial charge in [-0.1, -0.05) is 23.8 Å². The molecule has 0 bridgehead atoms. The number of likely N-dealkylation sites (N-methyl/N-ethyl adjacent to an activating group) is 1. The van der Waals surface area contributed by atoms with E-state index >= 15 is 0 Å². The standard InChI is InChI=1S/C16H18N2/c1-10-6-13-12-4-3-5-14-16(12)11(8-17-14)7-15(13)18(2)9-10/h3-6,8,13,15,17H,7,9H2,1-2H3/t13-,15+/m1/s1. The first kappa shape index (κ1) is 10.4. The van der Waals surface area contributed by atoms with E-state index in [0.717, 1.165) is 6.54 Å². The number of benzene rings is 1. The zero-order valence-electron chi connectivity index (χ0n) is 10.9. The van der Waals surface area contributed by atoms with Gasteiger partial charge in [0.05, 0.1) is 0 Å². The number of rotatable bonds is 0. The summed E-state index contributed by atoms with van der Waals surface area (Å²) in [6.45, 7) is 3.36. The van der Waals surface area contributed by atoms with Crippen LogP contribution < -0.4 is 0 Å². The van der Waals surface area contributed by atoms with Gasteiger partial charge in [0, 0.05) is 35.6 Å². The fourth-order valence-corrected chi connectivity index (χ4v) is 3.78. The van der Waals surface area contributed by atoms with E-state index in [1.807, 2.05) is 0 Å². The first-order valence-corrected chi connectivity index (χ1v) is 6.70. The van der Waals surface area contributed by atoms with Crippen molar-refractivity contribution in [3.63, 3.8) is 0 Å². The number of nitrogens with zero attached hydrogens (tertiary/aromatic N) is 1. The quantitative estimate of drug-likeness (QED) is 0.699. The van der Waals surface area contributed by atoms with Crippen LogP contribution in [-0.2, 0) is 6.42 Å². The van der Waals surface area contributed by atoms with E-state index < -0.39 is 0 Å². The van der Waals surface area contributed by atoms with Gasteiger partial charge in [0.25, 0.3) is 0 Å². The molecule has 2 aliphatic rings. The summed E-state index contributed by atoms with van der Waals surface area (Å²) in [6, 6.07) is 7.30. The Morgan fingerprint density at radius 3 is 3.11 bits per heavy atom. The van der Waals surface area contributed by atoms with Gasteiger partial charge in [-0.25, -0.2) is 0 Å². The summed E-state index contributed by atoms with van der Waals surface area (Å²) in [4.78, 5) is 5.93. The molecule has 92 valence electrons. The lowest BCUT2D eigenvalue weighted by Crippen LogP contribution is -2.43. The molecule has 18 heavy (non-hydrogen) atoms. The predicted octanol–water partition coefficient (Wildman–Crippen LogP) is 3.07. The third kappa shape index (κ3) is 1.27. The van der Waals surface area contributed by atoms with E-state index in [1.165, 1.54) is 34.0 Å². The molecule has 4 rings (SSSR count). The summed E-state index contributed by atoms with van der Waals surface area (Å²) in [6.07, 6.45) is 5.85. The topological polar surface area (TPSA) is 19.0 Å². The first-order chi connectivity index (χ1) is 8.74. The second kappa shape index (κ2) is 3.48. The third-order valence-electron chi connectivity index (χ3n) is 4.55. The van der Waals surface area contributed by atoms with Gasteiger partial charge in [0.15, 0.2) is 0 Å². The Hall–Kier alpha value is -1.54. The Balaban J connectivity index is 1.99. The van der Waals surface area contributed by atoms with Crippen LogP contribution in [0, 0.1) is 0 Å². The van der Waals surface area contributed by atoms with Gasteiger partial charge < -0.3 is 4.98 Å². The number of H-pyrrole nitrogens is 1. The zero-order valence-corrected chi connectivity index (χ0v) is 10.9. The van der Waals surface area contributed by atoms with Gasteiger partial charge in [-0.2, -0.15) is 0 Å². The number of aromatic amines is 1. The normalized spacial score (nSPS) is 27.1. The van der Waals surface area contributed by atoms with Crippen molar-refractivity contribution in [2.75, 3.05) is 13.6 Å². The molecular weight excluding hydrogens is 220 g/mol. The minimum Gasteiger partial charge on any atom is -0.361 e. The monoisotopic (exact) mass is 238 g/mol. The van der Waals surface area contributed by atoms with Crippen molar-refractivity contribution in [2.24, 2.45) is 0 Å². The summed E-state index contributed by atoms with van der Waals surface area (Å²) in [7, 11) is 2.26. The van der Waals surface area contributed by atoms with Crippen LogP contribution in [0.25, 0.3) is 10.9 Å². The van der Waals surface area contributed by atoms with Crippen molar-refractivity contribution in [1.82, 2.24) is 9.88 Å². The molecule has 2 heteroatoms. The highest BCUT2D eigenvalue weighted by molar-refractivity contribution is 5.88. The molecule has 1 aromatic carbocycles. The molecule has 1 N–H and O–H groups in total. The molecule has 1 aromatic heterocycles. The van der Waals surface area contributed by atoms with E-state index in [-0.39, 0.29) is 0 Å². The molecule has 0 amide bonds. The Kier molecular flexibility index (Phi) is 2.01. The van der Waals surface area contributed by atoms with Crippen molar-refractivity contribution in [3.8, 4) is 0 Å². The van der Waals surface area contributed by atoms with Crippen LogP contribution in [0.1, 0.15) is 24.0 Å². The van der Waals surface area contributed by atoms with E-state index in [2.05, 4.69) is 54.3 Å². The van der Waals surface area contributed by atoms with E-state index in [9.17, 15) is 0 Å². The highest BCUT2D eigenvalue weighted by atomic mass is 15.1. The molecule has 0 saturated carbocycles. The lowest BCUT2D eigenvalue weighted by molar-refractivity contribution is 0.224. The largest absolute Gasteiger partial charge is 0.361 e. The number of fused-ring (bicyclic) bond motifs is 2. The maximum atomic E-state index is 3.42. The van der Waals surface area contributed by atoms with Crippen LogP contribution in [-0.4, -0.2) is 29.5 Å². The molecule has 1 aliphatic carbocycles. The average Bonchev–Trinajstić information content (AvgIpc) is 2.76. The first-order valence-electron chi connectivity index (χ1n) is 6.70. The fourth-order valence-electron chi connectivity index (χ4n) is 3.78. The summed E-state index contributed by atoms with van der Waals surface area (Å²) in [5.41, 5.74) is 5.78. The smallest absolute Gasteiger partial charge is 0.0459 e. The molecule has 2 nitrogen and oxygen atoms in total. The summed E-state index contributed by atoms with van der Waals surface area (Å²) in [5, 5.41) is 1.47.